The number of aliphatic hydroxyl groups excluding tert-OH is 1. The molecule has 0 aromatic heterocycles. The molecule has 1 heterocycles. The molecule has 0 bridgehead atoms. The van der Waals surface area contributed by atoms with Gasteiger partial charge in [0.05, 0.1) is 19.3 Å². The fourth-order valence-corrected chi connectivity index (χ4v) is 3.34. The molecule has 2 rings (SSSR count). The van der Waals surface area contributed by atoms with Gasteiger partial charge in [0.25, 0.3) is 0 Å². The van der Waals surface area contributed by atoms with E-state index in [4.69, 9.17) is 4.74 Å². The van der Waals surface area contributed by atoms with Crippen molar-refractivity contribution >= 4 is 0 Å². The molecule has 0 aromatic rings. The number of aliphatic hydroxyl groups is 1. The number of nitrogens with zero attached hydrogens (tertiary/aromatic N) is 1. The fourth-order valence-electron chi connectivity index (χ4n) is 3.34. The molecule has 3 atom stereocenters. The van der Waals surface area contributed by atoms with Crippen molar-refractivity contribution < 1.29 is 9.84 Å². The van der Waals surface area contributed by atoms with E-state index in [2.05, 4.69) is 25.7 Å². The molecule has 3 heteroatoms. The molecule has 1 saturated heterocycles. The Kier molecular flexibility index (Phi) is 4.11. The van der Waals surface area contributed by atoms with Crippen LogP contribution in [-0.4, -0.2) is 48.5 Å². The van der Waals surface area contributed by atoms with Crippen molar-refractivity contribution in [1.82, 2.24) is 4.90 Å². The highest BCUT2D eigenvalue weighted by molar-refractivity contribution is 4.93. The first-order valence-corrected chi connectivity index (χ1v) is 6.99. The van der Waals surface area contributed by atoms with Crippen LogP contribution in [0.15, 0.2) is 0 Å². The first kappa shape index (κ1) is 13.3. The minimum atomic E-state index is -0.104. The summed E-state index contributed by atoms with van der Waals surface area (Å²) in [5.41, 5.74) is 0.323. The van der Waals surface area contributed by atoms with Crippen LogP contribution in [0.3, 0.4) is 0 Å². The Bertz CT molecular complexity index is 255. The lowest BCUT2D eigenvalue weighted by molar-refractivity contribution is -0.0140. The highest BCUT2D eigenvalue weighted by Crippen LogP contribution is 2.39. The normalized spacial score (nSPS) is 39.9. The van der Waals surface area contributed by atoms with Gasteiger partial charge in [-0.15, -0.1) is 0 Å². The van der Waals surface area contributed by atoms with Gasteiger partial charge >= 0.3 is 0 Å². The summed E-state index contributed by atoms with van der Waals surface area (Å²) in [4.78, 5) is 2.56. The highest BCUT2D eigenvalue weighted by Gasteiger charge is 2.39. The molecule has 0 amide bonds. The Morgan fingerprint density at radius 2 is 2.12 bits per heavy atom. The van der Waals surface area contributed by atoms with Gasteiger partial charge in [0.2, 0.25) is 0 Å². The van der Waals surface area contributed by atoms with Gasteiger partial charge in [-0.1, -0.05) is 20.8 Å². The molecule has 2 aliphatic rings. The van der Waals surface area contributed by atoms with E-state index in [1.807, 2.05) is 0 Å². The molecule has 0 spiro atoms. The van der Waals surface area contributed by atoms with Gasteiger partial charge in [-0.25, -0.2) is 0 Å². The molecule has 1 saturated carbocycles. The third kappa shape index (κ3) is 3.21. The Balaban J connectivity index is 2.06. The van der Waals surface area contributed by atoms with Gasteiger partial charge < -0.3 is 9.84 Å². The van der Waals surface area contributed by atoms with Gasteiger partial charge in [0.1, 0.15) is 0 Å². The number of hydrogen-bond donors (Lipinski definition) is 1. The zero-order valence-corrected chi connectivity index (χ0v) is 11.5. The van der Waals surface area contributed by atoms with Crippen molar-refractivity contribution in [2.45, 2.75) is 52.2 Å². The van der Waals surface area contributed by atoms with E-state index in [0.29, 0.717) is 17.4 Å². The molecule has 2 fully saturated rings. The molecule has 3 nitrogen and oxygen atoms in total. The molecule has 1 aliphatic heterocycles. The van der Waals surface area contributed by atoms with Crippen molar-refractivity contribution in [2.24, 2.45) is 11.3 Å². The Labute approximate surface area is 105 Å². The predicted octanol–water partition coefficient (Wildman–Crippen LogP) is 1.89. The van der Waals surface area contributed by atoms with Crippen LogP contribution in [0, 0.1) is 11.3 Å². The molecule has 1 aliphatic carbocycles. The van der Waals surface area contributed by atoms with Crippen LogP contribution in [0.5, 0.6) is 0 Å². The Morgan fingerprint density at radius 1 is 1.35 bits per heavy atom. The van der Waals surface area contributed by atoms with Crippen LogP contribution in [0.4, 0.5) is 0 Å². The van der Waals surface area contributed by atoms with Crippen molar-refractivity contribution in [3.63, 3.8) is 0 Å². The van der Waals surface area contributed by atoms with Crippen LogP contribution < -0.4 is 0 Å². The average Bonchev–Trinajstić information content (AvgIpc) is 2.46. The van der Waals surface area contributed by atoms with E-state index in [1.54, 1.807) is 0 Å². The van der Waals surface area contributed by atoms with Crippen LogP contribution in [-0.2, 0) is 4.74 Å². The van der Waals surface area contributed by atoms with E-state index in [1.165, 1.54) is 0 Å². The highest BCUT2D eigenvalue weighted by atomic mass is 16.5. The summed E-state index contributed by atoms with van der Waals surface area (Å²) in [7, 11) is 0. The van der Waals surface area contributed by atoms with Crippen molar-refractivity contribution in [2.75, 3.05) is 26.3 Å². The second-order valence-corrected chi connectivity index (χ2v) is 6.61. The first-order chi connectivity index (χ1) is 7.99. The average molecular weight is 241 g/mol. The van der Waals surface area contributed by atoms with E-state index in [9.17, 15) is 5.11 Å². The number of hydrogen-bond acceptors (Lipinski definition) is 3. The van der Waals surface area contributed by atoms with Crippen LogP contribution in [0.1, 0.15) is 40.0 Å². The summed E-state index contributed by atoms with van der Waals surface area (Å²) in [6.07, 6.45) is 2.92. The summed E-state index contributed by atoms with van der Waals surface area (Å²) in [6.45, 7) is 10.8. The number of ether oxygens (including phenoxy) is 1. The third-order valence-corrected chi connectivity index (χ3v) is 4.43. The van der Waals surface area contributed by atoms with Gasteiger partial charge in [-0.2, -0.15) is 0 Å². The quantitative estimate of drug-likeness (QED) is 0.761. The lowest BCUT2D eigenvalue weighted by Gasteiger charge is -2.47. The fraction of sp³-hybridized carbons (Fsp3) is 1.00. The summed E-state index contributed by atoms with van der Waals surface area (Å²) in [5.74, 6) is 0.604. The molecule has 0 radical (unpaired) electrons. The summed E-state index contributed by atoms with van der Waals surface area (Å²) >= 11 is 0. The lowest BCUT2D eigenvalue weighted by atomic mass is 9.71. The monoisotopic (exact) mass is 241 g/mol. The van der Waals surface area contributed by atoms with E-state index >= 15 is 0 Å². The maximum Gasteiger partial charge on any atom is 0.0593 e. The standard InChI is InChI=1S/C14H27NO2/c1-11-9-15(6-7-17-10-11)13-8-12(16)4-5-14(13,2)3/h11-13,16H,4-10H2,1-3H3. The third-order valence-electron chi connectivity index (χ3n) is 4.43. The zero-order valence-electron chi connectivity index (χ0n) is 11.5. The molecule has 17 heavy (non-hydrogen) atoms. The first-order valence-electron chi connectivity index (χ1n) is 6.99. The van der Waals surface area contributed by atoms with E-state index in [0.717, 1.165) is 45.6 Å². The summed E-state index contributed by atoms with van der Waals surface area (Å²) in [6, 6.07) is 0.510. The van der Waals surface area contributed by atoms with Gasteiger partial charge in [-0.3, -0.25) is 4.90 Å². The maximum absolute atomic E-state index is 9.92. The van der Waals surface area contributed by atoms with E-state index < -0.39 is 0 Å². The van der Waals surface area contributed by atoms with Crippen molar-refractivity contribution in [1.29, 1.82) is 0 Å². The topological polar surface area (TPSA) is 32.7 Å². The lowest BCUT2D eigenvalue weighted by Crippen LogP contribution is -2.51. The largest absolute Gasteiger partial charge is 0.393 e. The Hall–Kier alpha value is -0.120. The maximum atomic E-state index is 9.92. The van der Waals surface area contributed by atoms with Crippen LogP contribution in [0.25, 0.3) is 0 Å². The molecule has 100 valence electrons. The molecular formula is C14H27NO2. The van der Waals surface area contributed by atoms with Crippen molar-refractivity contribution in [3.05, 3.63) is 0 Å². The molecule has 3 unspecified atom stereocenters. The second kappa shape index (κ2) is 5.25. The van der Waals surface area contributed by atoms with Crippen molar-refractivity contribution in [3.8, 4) is 0 Å². The zero-order chi connectivity index (χ0) is 12.5. The summed E-state index contributed by atoms with van der Waals surface area (Å²) < 4.78 is 5.62. The molecule has 0 aromatic carbocycles. The van der Waals surface area contributed by atoms with Gasteiger partial charge in [0, 0.05) is 19.1 Å². The SMILES string of the molecule is CC1COCCN(C2CC(O)CCC2(C)C)C1. The van der Waals surface area contributed by atoms with Gasteiger partial charge in [-0.05, 0) is 30.6 Å². The van der Waals surface area contributed by atoms with Crippen LogP contribution in [0.2, 0.25) is 0 Å². The predicted molar refractivity (Wildman–Crippen MR) is 69.0 cm³/mol. The van der Waals surface area contributed by atoms with E-state index in [-0.39, 0.29) is 6.10 Å². The minimum absolute atomic E-state index is 0.104. The minimum Gasteiger partial charge on any atom is -0.393 e. The smallest absolute Gasteiger partial charge is 0.0593 e. The summed E-state index contributed by atoms with van der Waals surface area (Å²) in [5, 5.41) is 9.92. The van der Waals surface area contributed by atoms with Crippen LogP contribution >= 0.6 is 0 Å². The molecule has 1 N–H and O–H groups in total. The molecular weight excluding hydrogens is 214 g/mol. The Morgan fingerprint density at radius 3 is 2.88 bits per heavy atom. The second-order valence-electron chi connectivity index (χ2n) is 6.61. The van der Waals surface area contributed by atoms with Gasteiger partial charge in [0.15, 0.2) is 0 Å². The number of rotatable bonds is 1.